The third-order valence-corrected chi connectivity index (χ3v) is 4.37. The molecule has 0 radical (unpaired) electrons. The van der Waals surface area contributed by atoms with Crippen LogP contribution in [0.3, 0.4) is 0 Å². The van der Waals surface area contributed by atoms with Gasteiger partial charge in [-0.1, -0.05) is 36.4 Å². The van der Waals surface area contributed by atoms with Gasteiger partial charge in [-0.3, -0.25) is 4.79 Å². The molecule has 1 unspecified atom stereocenters. The van der Waals surface area contributed by atoms with E-state index in [-0.39, 0.29) is 18.2 Å². The minimum Gasteiger partial charge on any atom is -0.508 e. The van der Waals surface area contributed by atoms with Crippen LogP contribution in [0.5, 0.6) is 5.75 Å². The van der Waals surface area contributed by atoms with Gasteiger partial charge in [0.25, 0.3) is 0 Å². The van der Waals surface area contributed by atoms with Crippen molar-refractivity contribution < 1.29 is 19.8 Å². The summed E-state index contributed by atoms with van der Waals surface area (Å²) in [6.45, 7) is 1.09. The molecule has 2 aromatic rings. The highest BCUT2D eigenvalue weighted by molar-refractivity contribution is 5.76. The van der Waals surface area contributed by atoms with Crippen molar-refractivity contribution in [3.05, 3.63) is 65.2 Å². The predicted molar refractivity (Wildman–Crippen MR) is 92.2 cm³/mol. The Morgan fingerprint density at radius 2 is 1.88 bits per heavy atom. The maximum Gasteiger partial charge on any atom is 0.318 e. The van der Waals surface area contributed by atoms with Crippen molar-refractivity contribution in [3.63, 3.8) is 0 Å². The summed E-state index contributed by atoms with van der Waals surface area (Å²) in [5.41, 5.74) is 2.91. The van der Waals surface area contributed by atoms with E-state index in [1.807, 2.05) is 18.2 Å². The number of benzene rings is 2. The van der Waals surface area contributed by atoms with Crippen molar-refractivity contribution in [1.82, 2.24) is 10.2 Å². The standard InChI is InChI=1S/C19H20N2O4/c22-16-7-3-6-14(10-16)17(11-18(23)24)20-19(25)21-9-8-13-4-1-2-5-15(13)12-21/h1-7,10,17,22H,8-9,11-12H2,(H,20,25)(H,23,24). The second-order valence-corrected chi connectivity index (χ2v) is 6.14. The maximum absolute atomic E-state index is 12.6. The number of nitrogens with zero attached hydrogens (tertiary/aromatic N) is 1. The third-order valence-electron chi connectivity index (χ3n) is 4.37. The Morgan fingerprint density at radius 1 is 1.12 bits per heavy atom. The number of hydrogen-bond acceptors (Lipinski definition) is 3. The second kappa shape index (κ2) is 7.25. The number of rotatable bonds is 4. The van der Waals surface area contributed by atoms with Gasteiger partial charge in [-0.2, -0.15) is 0 Å². The van der Waals surface area contributed by atoms with Crippen LogP contribution in [-0.2, 0) is 17.8 Å². The quantitative estimate of drug-likeness (QED) is 0.798. The summed E-state index contributed by atoms with van der Waals surface area (Å²) < 4.78 is 0. The first-order chi connectivity index (χ1) is 12.0. The topological polar surface area (TPSA) is 89.9 Å². The smallest absolute Gasteiger partial charge is 0.318 e. The molecule has 0 aliphatic carbocycles. The van der Waals surface area contributed by atoms with E-state index in [0.717, 1.165) is 12.0 Å². The molecule has 3 N–H and O–H groups in total. The van der Waals surface area contributed by atoms with Crippen molar-refractivity contribution in [1.29, 1.82) is 0 Å². The van der Waals surface area contributed by atoms with Crippen LogP contribution in [0.4, 0.5) is 4.79 Å². The zero-order valence-corrected chi connectivity index (χ0v) is 13.7. The number of aromatic hydroxyl groups is 1. The first-order valence-electron chi connectivity index (χ1n) is 8.16. The van der Waals surface area contributed by atoms with E-state index in [2.05, 4.69) is 11.4 Å². The maximum atomic E-state index is 12.6. The Kier molecular flexibility index (Phi) is 4.88. The van der Waals surface area contributed by atoms with Crippen LogP contribution >= 0.6 is 0 Å². The largest absolute Gasteiger partial charge is 0.508 e. The summed E-state index contributed by atoms with van der Waals surface area (Å²) in [5.74, 6) is -0.980. The molecule has 25 heavy (non-hydrogen) atoms. The number of fused-ring (bicyclic) bond motifs is 1. The van der Waals surface area contributed by atoms with Crippen LogP contribution in [0.15, 0.2) is 48.5 Å². The van der Waals surface area contributed by atoms with Gasteiger partial charge in [0.1, 0.15) is 5.75 Å². The third kappa shape index (κ3) is 4.09. The molecule has 6 heteroatoms. The molecular weight excluding hydrogens is 320 g/mol. The number of nitrogens with one attached hydrogen (secondary N) is 1. The number of carboxylic acids is 1. The molecule has 1 heterocycles. The van der Waals surface area contributed by atoms with Gasteiger partial charge in [-0.15, -0.1) is 0 Å². The second-order valence-electron chi connectivity index (χ2n) is 6.14. The van der Waals surface area contributed by atoms with Crippen molar-refractivity contribution in [2.45, 2.75) is 25.4 Å². The van der Waals surface area contributed by atoms with Crippen LogP contribution in [0, 0.1) is 0 Å². The molecule has 3 rings (SSSR count). The number of urea groups is 1. The number of amides is 2. The average molecular weight is 340 g/mol. The minimum atomic E-state index is -1.02. The fourth-order valence-electron chi connectivity index (χ4n) is 3.08. The molecule has 0 saturated heterocycles. The Labute approximate surface area is 145 Å². The van der Waals surface area contributed by atoms with E-state index in [9.17, 15) is 14.7 Å². The number of carbonyl (C=O) groups is 2. The fourth-order valence-corrected chi connectivity index (χ4v) is 3.08. The monoisotopic (exact) mass is 340 g/mol. The van der Waals surface area contributed by atoms with E-state index in [1.165, 1.54) is 17.7 Å². The van der Waals surface area contributed by atoms with Gasteiger partial charge in [-0.25, -0.2) is 4.79 Å². The molecule has 0 saturated carbocycles. The number of carboxylic acid groups (broad SMARTS) is 1. The molecule has 2 amide bonds. The van der Waals surface area contributed by atoms with Crippen LogP contribution in [0.1, 0.15) is 29.2 Å². The molecule has 130 valence electrons. The summed E-state index contributed by atoms with van der Waals surface area (Å²) >= 11 is 0. The highest BCUT2D eigenvalue weighted by Gasteiger charge is 2.24. The van der Waals surface area contributed by atoms with Gasteiger partial charge in [0.15, 0.2) is 0 Å². The van der Waals surface area contributed by atoms with E-state index >= 15 is 0 Å². The van der Waals surface area contributed by atoms with Crippen molar-refractivity contribution in [3.8, 4) is 5.75 Å². The number of aliphatic carboxylic acids is 1. The van der Waals surface area contributed by atoms with Crippen LogP contribution in [0.25, 0.3) is 0 Å². The van der Waals surface area contributed by atoms with Gasteiger partial charge in [0.05, 0.1) is 12.5 Å². The molecule has 1 atom stereocenters. The first-order valence-corrected chi connectivity index (χ1v) is 8.16. The summed E-state index contributed by atoms with van der Waals surface area (Å²) in [5, 5.41) is 21.5. The number of carbonyl (C=O) groups excluding carboxylic acids is 1. The van der Waals surface area contributed by atoms with E-state index < -0.39 is 12.0 Å². The van der Waals surface area contributed by atoms with Gasteiger partial charge in [0.2, 0.25) is 0 Å². The summed E-state index contributed by atoms with van der Waals surface area (Å²) in [6, 6.07) is 13.3. The molecule has 0 fully saturated rings. The van der Waals surface area contributed by atoms with E-state index in [4.69, 9.17) is 5.11 Å². The van der Waals surface area contributed by atoms with E-state index in [0.29, 0.717) is 18.7 Å². The Hall–Kier alpha value is -3.02. The molecule has 2 aromatic carbocycles. The lowest BCUT2D eigenvalue weighted by Crippen LogP contribution is -2.44. The molecule has 1 aliphatic heterocycles. The van der Waals surface area contributed by atoms with Crippen LogP contribution in [-0.4, -0.2) is 33.7 Å². The molecule has 0 spiro atoms. The summed E-state index contributed by atoms with van der Waals surface area (Å²) in [4.78, 5) is 25.5. The fraction of sp³-hybridized carbons (Fsp3) is 0.263. The highest BCUT2D eigenvalue weighted by atomic mass is 16.4. The van der Waals surface area contributed by atoms with E-state index in [1.54, 1.807) is 17.0 Å². The lowest BCUT2D eigenvalue weighted by atomic mass is 10.00. The first kappa shape index (κ1) is 16.8. The van der Waals surface area contributed by atoms with Gasteiger partial charge in [0, 0.05) is 13.1 Å². The summed E-state index contributed by atoms with van der Waals surface area (Å²) in [7, 11) is 0. The number of phenolic OH excluding ortho intramolecular Hbond substituents is 1. The lowest BCUT2D eigenvalue weighted by molar-refractivity contribution is -0.137. The van der Waals surface area contributed by atoms with Gasteiger partial charge < -0.3 is 20.4 Å². The average Bonchev–Trinajstić information content (AvgIpc) is 2.60. The SMILES string of the molecule is O=C(O)CC(NC(=O)N1CCc2ccccc2C1)c1cccc(O)c1. The molecule has 6 nitrogen and oxygen atoms in total. The Morgan fingerprint density at radius 3 is 2.60 bits per heavy atom. The lowest BCUT2D eigenvalue weighted by Gasteiger charge is -2.30. The van der Waals surface area contributed by atoms with Gasteiger partial charge in [-0.05, 0) is 35.2 Å². The van der Waals surface area contributed by atoms with Crippen LogP contribution in [0.2, 0.25) is 0 Å². The van der Waals surface area contributed by atoms with Crippen molar-refractivity contribution in [2.75, 3.05) is 6.54 Å². The highest BCUT2D eigenvalue weighted by Crippen LogP contribution is 2.23. The molecular formula is C19H20N2O4. The zero-order valence-electron chi connectivity index (χ0n) is 13.7. The van der Waals surface area contributed by atoms with Crippen molar-refractivity contribution in [2.24, 2.45) is 0 Å². The van der Waals surface area contributed by atoms with Crippen molar-refractivity contribution >= 4 is 12.0 Å². The summed E-state index contributed by atoms with van der Waals surface area (Å²) in [6.07, 6.45) is 0.527. The van der Waals surface area contributed by atoms with Gasteiger partial charge >= 0.3 is 12.0 Å². The normalized spacial score (nSPS) is 14.5. The zero-order chi connectivity index (χ0) is 17.8. The Balaban J connectivity index is 1.73. The molecule has 0 bridgehead atoms. The number of phenols is 1. The molecule has 0 aromatic heterocycles. The predicted octanol–water partition coefficient (Wildman–Crippen LogP) is 2.68. The molecule has 1 aliphatic rings. The minimum absolute atomic E-state index is 0.0361. The van der Waals surface area contributed by atoms with Crippen LogP contribution < -0.4 is 5.32 Å². The number of hydrogen-bond donors (Lipinski definition) is 3. The Bertz CT molecular complexity index is 790.